The Morgan fingerprint density at radius 1 is 1.21 bits per heavy atom. The summed E-state index contributed by atoms with van der Waals surface area (Å²) in [7, 11) is 0. The Labute approximate surface area is 151 Å². The molecular formula is C15H21Cl2N5O2. The third kappa shape index (κ3) is 4.58. The minimum absolute atomic E-state index is 0. The van der Waals surface area contributed by atoms with E-state index in [9.17, 15) is 9.59 Å². The zero-order chi connectivity index (χ0) is 16.2. The molecule has 1 aromatic carbocycles. The maximum atomic E-state index is 12.3. The van der Waals surface area contributed by atoms with Gasteiger partial charge in [0.2, 0.25) is 11.8 Å². The lowest BCUT2D eigenvalue weighted by Crippen LogP contribution is -2.50. The summed E-state index contributed by atoms with van der Waals surface area (Å²) in [5.74, 6) is -0.243. The van der Waals surface area contributed by atoms with Gasteiger partial charge in [0.05, 0.1) is 6.54 Å². The first-order chi connectivity index (χ1) is 11.1. The summed E-state index contributed by atoms with van der Waals surface area (Å²) in [4.78, 5) is 24.2. The molecule has 0 aromatic heterocycles. The van der Waals surface area contributed by atoms with Crippen LogP contribution in [-0.2, 0) is 9.59 Å². The Morgan fingerprint density at radius 2 is 1.96 bits per heavy atom. The van der Waals surface area contributed by atoms with Gasteiger partial charge in [-0.2, -0.15) is 0 Å². The second-order valence-corrected chi connectivity index (χ2v) is 6.24. The second-order valence-electron chi connectivity index (χ2n) is 5.80. The van der Waals surface area contributed by atoms with Gasteiger partial charge in [-0.25, -0.2) is 5.43 Å². The number of fused-ring (bicyclic) bond motifs is 1. The standard InChI is InChI=1S/C15H20ClN5O2.ClH/c16-9-1-3-10(4-2-9)19-13(22)8-18-15(23)14-11-7-17-6-5-12(11)20-21-14;/h1-4,11-12,14,17,20-21H,5-8H2,(H,18,23)(H,19,22);1H. The molecule has 0 spiro atoms. The number of benzene rings is 1. The maximum Gasteiger partial charge on any atom is 0.243 e. The third-order valence-corrected chi connectivity index (χ3v) is 4.47. The number of nitrogens with one attached hydrogen (secondary N) is 5. The fourth-order valence-electron chi connectivity index (χ4n) is 2.99. The molecule has 24 heavy (non-hydrogen) atoms. The fraction of sp³-hybridized carbons (Fsp3) is 0.467. The highest BCUT2D eigenvalue weighted by Crippen LogP contribution is 2.20. The van der Waals surface area contributed by atoms with E-state index in [4.69, 9.17) is 11.6 Å². The van der Waals surface area contributed by atoms with Gasteiger partial charge in [-0.15, -0.1) is 12.4 Å². The lowest BCUT2D eigenvalue weighted by Gasteiger charge is -2.27. The molecule has 3 unspecified atom stereocenters. The molecule has 9 heteroatoms. The largest absolute Gasteiger partial charge is 0.346 e. The van der Waals surface area contributed by atoms with Crippen LogP contribution in [-0.4, -0.2) is 43.5 Å². The number of halogens is 2. The van der Waals surface area contributed by atoms with E-state index in [-0.39, 0.29) is 42.7 Å². The van der Waals surface area contributed by atoms with Gasteiger partial charge >= 0.3 is 0 Å². The number of carbonyl (C=O) groups is 2. The highest BCUT2D eigenvalue weighted by atomic mass is 35.5. The van der Waals surface area contributed by atoms with Crippen molar-refractivity contribution in [1.29, 1.82) is 0 Å². The van der Waals surface area contributed by atoms with Gasteiger partial charge in [0.25, 0.3) is 0 Å². The molecule has 2 heterocycles. The third-order valence-electron chi connectivity index (χ3n) is 4.21. The van der Waals surface area contributed by atoms with Crippen molar-refractivity contribution < 1.29 is 9.59 Å². The SMILES string of the molecule is Cl.O=C(CNC(=O)C1NNC2CCNCC21)Nc1ccc(Cl)cc1. The molecule has 7 nitrogen and oxygen atoms in total. The summed E-state index contributed by atoms with van der Waals surface area (Å²) >= 11 is 5.79. The maximum absolute atomic E-state index is 12.3. The molecule has 2 aliphatic heterocycles. The van der Waals surface area contributed by atoms with E-state index >= 15 is 0 Å². The molecule has 5 N–H and O–H groups in total. The topological polar surface area (TPSA) is 94.3 Å². The van der Waals surface area contributed by atoms with E-state index in [0.29, 0.717) is 16.8 Å². The van der Waals surface area contributed by atoms with Gasteiger partial charge in [-0.3, -0.25) is 15.0 Å². The average Bonchev–Trinajstić information content (AvgIpc) is 2.99. The highest BCUT2D eigenvalue weighted by Gasteiger charge is 2.41. The first-order valence-electron chi connectivity index (χ1n) is 7.68. The predicted molar refractivity (Wildman–Crippen MR) is 95.2 cm³/mol. The first-order valence-corrected chi connectivity index (χ1v) is 8.06. The summed E-state index contributed by atoms with van der Waals surface area (Å²) in [5, 5.41) is 9.29. The number of rotatable bonds is 4. The van der Waals surface area contributed by atoms with Crippen molar-refractivity contribution >= 4 is 41.5 Å². The molecule has 0 aliphatic carbocycles. The van der Waals surface area contributed by atoms with Gasteiger partial charge < -0.3 is 16.0 Å². The molecule has 1 aromatic rings. The van der Waals surface area contributed by atoms with Gasteiger partial charge in [-0.05, 0) is 37.2 Å². The van der Waals surface area contributed by atoms with Crippen molar-refractivity contribution in [2.24, 2.45) is 5.92 Å². The zero-order valence-corrected chi connectivity index (χ0v) is 14.5. The Bertz CT molecular complexity index is 584. The van der Waals surface area contributed by atoms with Crippen molar-refractivity contribution in [1.82, 2.24) is 21.5 Å². The van der Waals surface area contributed by atoms with Crippen molar-refractivity contribution in [3.63, 3.8) is 0 Å². The number of hydrogen-bond acceptors (Lipinski definition) is 5. The van der Waals surface area contributed by atoms with E-state index in [1.165, 1.54) is 0 Å². The summed E-state index contributed by atoms with van der Waals surface area (Å²) in [6, 6.07) is 6.79. The zero-order valence-electron chi connectivity index (χ0n) is 13.0. The minimum atomic E-state index is -0.323. The predicted octanol–water partition coefficient (Wildman–Crippen LogP) is 0.271. The van der Waals surface area contributed by atoms with Crippen molar-refractivity contribution in [2.45, 2.75) is 18.5 Å². The summed E-state index contributed by atoms with van der Waals surface area (Å²) < 4.78 is 0. The van der Waals surface area contributed by atoms with Crippen LogP contribution in [0.2, 0.25) is 5.02 Å². The molecule has 2 amide bonds. The quantitative estimate of drug-likeness (QED) is 0.522. The average molecular weight is 374 g/mol. The Balaban J connectivity index is 0.00000208. The van der Waals surface area contributed by atoms with Crippen molar-refractivity contribution in [3.05, 3.63) is 29.3 Å². The molecular weight excluding hydrogens is 353 g/mol. The summed E-state index contributed by atoms with van der Waals surface area (Å²) in [6.07, 6.45) is 0.985. The van der Waals surface area contributed by atoms with Crippen LogP contribution in [0.3, 0.4) is 0 Å². The normalized spacial score (nSPS) is 25.3. The van der Waals surface area contributed by atoms with E-state index in [1.54, 1.807) is 24.3 Å². The highest BCUT2D eigenvalue weighted by molar-refractivity contribution is 6.30. The van der Waals surface area contributed by atoms with Crippen LogP contribution in [0.25, 0.3) is 0 Å². The van der Waals surface area contributed by atoms with Crippen LogP contribution >= 0.6 is 24.0 Å². The number of piperidine rings is 1. The lowest BCUT2D eigenvalue weighted by atomic mass is 9.89. The van der Waals surface area contributed by atoms with Crippen LogP contribution in [0.4, 0.5) is 5.69 Å². The van der Waals surface area contributed by atoms with E-state index in [0.717, 1.165) is 19.5 Å². The van der Waals surface area contributed by atoms with Gasteiger partial charge in [0, 0.05) is 29.2 Å². The number of amides is 2. The van der Waals surface area contributed by atoms with Crippen LogP contribution in [0.15, 0.2) is 24.3 Å². The Hall–Kier alpha value is -1.38. The minimum Gasteiger partial charge on any atom is -0.346 e. The molecule has 2 aliphatic rings. The number of carbonyl (C=O) groups excluding carboxylic acids is 2. The summed E-state index contributed by atoms with van der Waals surface area (Å²) in [6.45, 7) is 1.68. The molecule has 3 atom stereocenters. The molecule has 132 valence electrons. The van der Waals surface area contributed by atoms with Crippen LogP contribution in [0, 0.1) is 5.92 Å². The molecule has 3 rings (SSSR count). The van der Waals surface area contributed by atoms with E-state index < -0.39 is 0 Å². The Morgan fingerprint density at radius 3 is 2.71 bits per heavy atom. The van der Waals surface area contributed by atoms with Crippen LogP contribution < -0.4 is 26.8 Å². The molecule has 2 fully saturated rings. The van der Waals surface area contributed by atoms with E-state index in [2.05, 4.69) is 26.8 Å². The van der Waals surface area contributed by atoms with E-state index in [1.807, 2.05) is 0 Å². The van der Waals surface area contributed by atoms with Crippen LogP contribution in [0.1, 0.15) is 6.42 Å². The molecule has 0 saturated carbocycles. The fourth-order valence-corrected chi connectivity index (χ4v) is 3.12. The van der Waals surface area contributed by atoms with Crippen LogP contribution in [0.5, 0.6) is 0 Å². The first kappa shape index (κ1) is 19.0. The molecule has 0 bridgehead atoms. The summed E-state index contributed by atoms with van der Waals surface area (Å²) in [5.41, 5.74) is 6.83. The van der Waals surface area contributed by atoms with Gasteiger partial charge in [-0.1, -0.05) is 11.6 Å². The van der Waals surface area contributed by atoms with Crippen molar-refractivity contribution in [2.75, 3.05) is 25.0 Å². The lowest BCUT2D eigenvalue weighted by molar-refractivity contribution is -0.126. The second kappa shape index (κ2) is 8.64. The van der Waals surface area contributed by atoms with Gasteiger partial charge in [0.15, 0.2) is 0 Å². The Kier molecular flexibility index (Phi) is 6.82. The monoisotopic (exact) mass is 373 g/mol. The number of hydrazine groups is 1. The van der Waals surface area contributed by atoms with Crippen molar-refractivity contribution in [3.8, 4) is 0 Å². The molecule has 0 radical (unpaired) electrons. The molecule has 2 saturated heterocycles. The van der Waals surface area contributed by atoms with Gasteiger partial charge in [0.1, 0.15) is 6.04 Å². The number of hydrogen-bond donors (Lipinski definition) is 5. The smallest absolute Gasteiger partial charge is 0.243 e. The number of anilines is 1.